The van der Waals surface area contributed by atoms with Crippen LogP contribution in [0.1, 0.15) is 10.5 Å². The van der Waals surface area contributed by atoms with Gasteiger partial charge in [-0.3, -0.25) is 4.79 Å². The lowest BCUT2D eigenvalue weighted by Gasteiger charge is -2.14. The Morgan fingerprint density at radius 3 is 2.36 bits per heavy atom. The third-order valence-electron chi connectivity index (χ3n) is 3.74. The summed E-state index contributed by atoms with van der Waals surface area (Å²) in [7, 11) is 4.54. The number of thiazole rings is 1. The SMILES string of the molecule is COc1cc(NC(=O)c2csc(Nc3cccc(Cl)c3)n2)cc(OC)c1OC. The second kappa shape index (κ2) is 8.81. The molecule has 9 heteroatoms. The maximum atomic E-state index is 12.6. The molecule has 1 heterocycles. The molecule has 1 amide bonds. The van der Waals surface area contributed by atoms with E-state index in [-0.39, 0.29) is 11.6 Å². The maximum absolute atomic E-state index is 12.6. The van der Waals surface area contributed by atoms with E-state index in [0.717, 1.165) is 5.69 Å². The number of methoxy groups -OCH3 is 3. The number of ether oxygens (including phenoxy) is 3. The van der Waals surface area contributed by atoms with Crippen LogP contribution in [0.5, 0.6) is 17.2 Å². The number of hydrogen-bond acceptors (Lipinski definition) is 7. The highest BCUT2D eigenvalue weighted by molar-refractivity contribution is 7.14. The fourth-order valence-electron chi connectivity index (χ4n) is 2.47. The quantitative estimate of drug-likeness (QED) is 0.571. The lowest BCUT2D eigenvalue weighted by molar-refractivity contribution is 0.102. The summed E-state index contributed by atoms with van der Waals surface area (Å²) in [5, 5.41) is 8.77. The molecule has 3 aromatic rings. The molecule has 28 heavy (non-hydrogen) atoms. The van der Waals surface area contributed by atoms with Crippen molar-refractivity contribution in [2.45, 2.75) is 0 Å². The second-order valence-electron chi connectivity index (χ2n) is 5.54. The molecule has 0 aliphatic rings. The third kappa shape index (κ3) is 4.47. The van der Waals surface area contributed by atoms with Gasteiger partial charge in [-0.15, -0.1) is 11.3 Å². The summed E-state index contributed by atoms with van der Waals surface area (Å²) >= 11 is 7.29. The number of rotatable bonds is 7. The molecule has 0 unspecified atom stereocenters. The van der Waals surface area contributed by atoms with Gasteiger partial charge >= 0.3 is 0 Å². The van der Waals surface area contributed by atoms with Crippen molar-refractivity contribution in [3.8, 4) is 17.2 Å². The van der Waals surface area contributed by atoms with Gasteiger partial charge < -0.3 is 24.8 Å². The molecule has 2 aromatic carbocycles. The van der Waals surface area contributed by atoms with E-state index in [1.807, 2.05) is 12.1 Å². The first-order valence-corrected chi connectivity index (χ1v) is 9.39. The average Bonchev–Trinajstić information content (AvgIpc) is 3.15. The number of amides is 1. The molecule has 0 saturated carbocycles. The molecular formula is C19H18ClN3O4S. The molecule has 1 aromatic heterocycles. The van der Waals surface area contributed by atoms with Gasteiger partial charge in [-0.25, -0.2) is 4.98 Å². The Bertz CT molecular complexity index is 968. The van der Waals surface area contributed by atoms with Gasteiger partial charge in [-0.1, -0.05) is 17.7 Å². The fourth-order valence-corrected chi connectivity index (χ4v) is 3.37. The summed E-state index contributed by atoms with van der Waals surface area (Å²) in [6.45, 7) is 0. The van der Waals surface area contributed by atoms with Gasteiger partial charge in [0, 0.05) is 33.9 Å². The van der Waals surface area contributed by atoms with Crippen LogP contribution in [0.4, 0.5) is 16.5 Å². The first-order valence-electron chi connectivity index (χ1n) is 8.13. The van der Waals surface area contributed by atoms with Crippen molar-refractivity contribution in [3.05, 3.63) is 52.5 Å². The van der Waals surface area contributed by atoms with Crippen LogP contribution in [0.2, 0.25) is 5.02 Å². The summed E-state index contributed by atoms with van der Waals surface area (Å²) in [5.74, 6) is 0.979. The molecule has 0 spiro atoms. The fraction of sp³-hybridized carbons (Fsp3) is 0.158. The molecule has 0 bridgehead atoms. The van der Waals surface area contributed by atoms with Crippen LogP contribution in [0.3, 0.4) is 0 Å². The number of aromatic nitrogens is 1. The minimum Gasteiger partial charge on any atom is -0.493 e. The van der Waals surface area contributed by atoms with Gasteiger partial charge in [0.25, 0.3) is 5.91 Å². The largest absolute Gasteiger partial charge is 0.493 e. The van der Waals surface area contributed by atoms with Crippen molar-refractivity contribution >= 4 is 45.4 Å². The summed E-state index contributed by atoms with van der Waals surface area (Å²) in [4.78, 5) is 16.9. The Kier molecular flexibility index (Phi) is 6.23. The van der Waals surface area contributed by atoms with Crippen molar-refractivity contribution in [2.75, 3.05) is 32.0 Å². The molecular weight excluding hydrogens is 402 g/mol. The average molecular weight is 420 g/mol. The smallest absolute Gasteiger partial charge is 0.275 e. The number of halogens is 1. The molecule has 2 N–H and O–H groups in total. The summed E-state index contributed by atoms with van der Waals surface area (Å²) in [6.07, 6.45) is 0. The van der Waals surface area contributed by atoms with Crippen molar-refractivity contribution in [3.63, 3.8) is 0 Å². The van der Waals surface area contributed by atoms with Crippen LogP contribution in [-0.4, -0.2) is 32.2 Å². The van der Waals surface area contributed by atoms with E-state index in [2.05, 4.69) is 15.6 Å². The van der Waals surface area contributed by atoms with Crippen molar-refractivity contribution < 1.29 is 19.0 Å². The van der Waals surface area contributed by atoms with Crippen molar-refractivity contribution in [1.29, 1.82) is 0 Å². The van der Waals surface area contributed by atoms with Crippen LogP contribution in [0, 0.1) is 0 Å². The maximum Gasteiger partial charge on any atom is 0.275 e. The molecule has 3 rings (SSSR count). The van der Waals surface area contributed by atoms with Crippen LogP contribution in [0.15, 0.2) is 41.8 Å². The number of nitrogens with one attached hydrogen (secondary N) is 2. The Hall–Kier alpha value is -2.97. The summed E-state index contributed by atoms with van der Waals surface area (Å²) in [6, 6.07) is 10.6. The Morgan fingerprint density at radius 1 is 1.04 bits per heavy atom. The number of benzene rings is 2. The van der Waals surface area contributed by atoms with Crippen LogP contribution >= 0.6 is 22.9 Å². The zero-order valence-electron chi connectivity index (χ0n) is 15.4. The molecule has 0 aliphatic carbocycles. The molecule has 0 atom stereocenters. The zero-order valence-corrected chi connectivity index (χ0v) is 17.0. The van der Waals surface area contributed by atoms with E-state index < -0.39 is 0 Å². The number of hydrogen-bond donors (Lipinski definition) is 2. The summed E-state index contributed by atoms with van der Waals surface area (Å²) < 4.78 is 15.9. The highest BCUT2D eigenvalue weighted by Gasteiger charge is 2.16. The lowest BCUT2D eigenvalue weighted by Crippen LogP contribution is -2.12. The Balaban J connectivity index is 1.76. The number of anilines is 3. The van der Waals surface area contributed by atoms with E-state index >= 15 is 0 Å². The van der Waals surface area contributed by atoms with Gasteiger partial charge in [0.2, 0.25) is 5.75 Å². The van der Waals surface area contributed by atoms with Gasteiger partial charge in [0.15, 0.2) is 16.6 Å². The van der Waals surface area contributed by atoms with Gasteiger partial charge in [-0.05, 0) is 18.2 Å². The van der Waals surface area contributed by atoms with E-state index in [1.54, 1.807) is 29.6 Å². The third-order valence-corrected chi connectivity index (χ3v) is 4.73. The molecule has 0 fully saturated rings. The first kappa shape index (κ1) is 19.8. The topological polar surface area (TPSA) is 81.7 Å². The minimum atomic E-state index is -0.357. The highest BCUT2D eigenvalue weighted by Crippen LogP contribution is 2.40. The standard InChI is InChI=1S/C19H18ClN3O4S/c1-25-15-8-13(9-16(26-2)17(15)27-3)21-18(24)14-10-28-19(23-14)22-12-6-4-5-11(20)7-12/h4-10H,1-3H3,(H,21,24)(H,22,23). The Morgan fingerprint density at radius 2 is 1.75 bits per heavy atom. The van der Waals surface area contributed by atoms with Crippen LogP contribution in [-0.2, 0) is 0 Å². The zero-order chi connectivity index (χ0) is 20.1. The second-order valence-corrected chi connectivity index (χ2v) is 6.84. The predicted molar refractivity (Wildman–Crippen MR) is 111 cm³/mol. The van der Waals surface area contributed by atoms with Crippen LogP contribution < -0.4 is 24.8 Å². The molecule has 7 nitrogen and oxygen atoms in total. The first-order chi connectivity index (χ1) is 13.5. The number of nitrogens with zero attached hydrogens (tertiary/aromatic N) is 1. The van der Waals surface area contributed by atoms with Gasteiger partial charge in [0.05, 0.1) is 21.3 Å². The molecule has 146 valence electrons. The number of carbonyl (C=O) groups excluding carboxylic acids is 1. The molecule has 0 radical (unpaired) electrons. The van der Waals surface area contributed by atoms with Crippen molar-refractivity contribution in [2.24, 2.45) is 0 Å². The van der Waals surface area contributed by atoms with Crippen molar-refractivity contribution in [1.82, 2.24) is 4.98 Å². The summed E-state index contributed by atoms with van der Waals surface area (Å²) in [5.41, 5.74) is 1.57. The van der Waals surface area contributed by atoms with E-state index in [9.17, 15) is 4.79 Å². The van der Waals surface area contributed by atoms with Gasteiger partial charge in [0.1, 0.15) is 5.69 Å². The monoisotopic (exact) mass is 419 g/mol. The normalized spacial score (nSPS) is 10.3. The number of carbonyl (C=O) groups is 1. The molecule has 0 saturated heterocycles. The van der Waals surface area contributed by atoms with E-state index in [0.29, 0.717) is 33.1 Å². The van der Waals surface area contributed by atoms with Crippen LogP contribution in [0.25, 0.3) is 0 Å². The predicted octanol–water partition coefficient (Wildman–Crippen LogP) is 4.82. The van der Waals surface area contributed by atoms with E-state index in [1.165, 1.54) is 32.7 Å². The van der Waals surface area contributed by atoms with Gasteiger partial charge in [-0.2, -0.15) is 0 Å². The lowest BCUT2D eigenvalue weighted by atomic mass is 10.2. The minimum absolute atomic E-state index is 0.281. The van der Waals surface area contributed by atoms with E-state index in [4.69, 9.17) is 25.8 Å². The Labute approximate surface area is 171 Å². The highest BCUT2D eigenvalue weighted by atomic mass is 35.5. The molecule has 0 aliphatic heterocycles.